The van der Waals surface area contributed by atoms with E-state index in [-0.39, 0.29) is 28.7 Å². The van der Waals surface area contributed by atoms with E-state index in [4.69, 9.17) is 0 Å². The number of nitrogens with zero attached hydrogens (tertiary/aromatic N) is 3. The van der Waals surface area contributed by atoms with Crippen LogP contribution in [-0.4, -0.2) is 51.9 Å². The van der Waals surface area contributed by atoms with Crippen molar-refractivity contribution in [3.8, 4) is 0 Å². The van der Waals surface area contributed by atoms with E-state index < -0.39 is 9.84 Å². The topological polar surface area (TPSA) is 94.0 Å². The molecule has 1 amide bonds. The van der Waals surface area contributed by atoms with E-state index in [2.05, 4.69) is 26.7 Å². The van der Waals surface area contributed by atoms with Crippen LogP contribution in [-0.2, 0) is 21.2 Å². The number of thioether (sulfide) groups is 1. The van der Waals surface area contributed by atoms with Gasteiger partial charge in [-0.05, 0) is 26.2 Å². The smallest absolute Gasteiger partial charge is 0.233 e. The SMILES string of the molecule is C=CCn1c(S[C@H](C)C(=O)N[C@@H]2CCS(=O)(=O)C2)nnc1C1CCCCC1. The average molecular weight is 413 g/mol. The van der Waals surface area contributed by atoms with Gasteiger partial charge in [0.15, 0.2) is 15.0 Å². The van der Waals surface area contributed by atoms with Crippen LogP contribution < -0.4 is 5.32 Å². The second-order valence-corrected chi connectivity index (χ2v) is 11.0. The third kappa shape index (κ3) is 5.13. The van der Waals surface area contributed by atoms with Gasteiger partial charge in [0.05, 0.1) is 16.8 Å². The van der Waals surface area contributed by atoms with Crippen molar-refractivity contribution in [2.24, 2.45) is 0 Å². The number of sulfone groups is 1. The van der Waals surface area contributed by atoms with Gasteiger partial charge in [-0.25, -0.2) is 8.42 Å². The zero-order chi connectivity index (χ0) is 19.4. The van der Waals surface area contributed by atoms with Crippen molar-refractivity contribution in [1.29, 1.82) is 0 Å². The minimum Gasteiger partial charge on any atom is -0.351 e. The summed E-state index contributed by atoms with van der Waals surface area (Å²) in [5, 5.41) is 12.0. The van der Waals surface area contributed by atoms with Gasteiger partial charge >= 0.3 is 0 Å². The standard InChI is InChI=1S/C18H28N4O3S2/c1-3-10-22-16(14-7-5-4-6-8-14)20-21-18(22)26-13(2)17(23)19-15-9-11-27(24,25)12-15/h3,13-15H,1,4-12H2,2H3,(H,19,23)/t13-,15-/m1/s1. The van der Waals surface area contributed by atoms with E-state index >= 15 is 0 Å². The van der Waals surface area contributed by atoms with Crippen molar-refractivity contribution in [3.63, 3.8) is 0 Å². The van der Waals surface area contributed by atoms with E-state index in [1.54, 1.807) is 0 Å². The molecule has 1 saturated heterocycles. The Labute approximate surface area is 165 Å². The molecule has 7 nitrogen and oxygen atoms in total. The van der Waals surface area contributed by atoms with E-state index in [9.17, 15) is 13.2 Å². The zero-order valence-electron chi connectivity index (χ0n) is 15.8. The largest absolute Gasteiger partial charge is 0.351 e. The van der Waals surface area contributed by atoms with Gasteiger partial charge < -0.3 is 9.88 Å². The monoisotopic (exact) mass is 412 g/mol. The fourth-order valence-corrected chi connectivity index (χ4v) is 6.34. The first-order valence-electron chi connectivity index (χ1n) is 9.61. The molecule has 0 bridgehead atoms. The number of aromatic nitrogens is 3. The van der Waals surface area contributed by atoms with E-state index in [0.717, 1.165) is 23.8 Å². The van der Waals surface area contributed by atoms with E-state index in [0.29, 0.717) is 18.9 Å². The Hall–Kier alpha value is -1.35. The molecular weight excluding hydrogens is 384 g/mol. The molecular formula is C18H28N4O3S2. The highest BCUT2D eigenvalue weighted by molar-refractivity contribution is 8.00. The van der Waals surface area contributed by atoms with Crippen LogP contribution in [0.25, 0.3) is 0 Å². The van der Waals surface area contributed by atoms with Crippen LogP contribution in [0.1, 0.15) is 57.2 Å². The van der Waals surface area contributed by atoms with E-state index in [1.807, 2.05) is 13.0 Å². The Morgan fingerprint density at radius 3 is 2.70 bits per heavy atom. The molecule has 1 N–H and O–H groups in total. The predicted molar refractivity (Wildman–Crippen MR) is 107 cm³/mol. The van der Waals surface area contributed by atoms with Crippen molar-refractivity contribution >= 4 is 27.5 Å². The second-order valence-electron chi connectivity index (χ2n) is 7.44. The summed E-state index contributed by atoms with van der Waals surface area (Å²) >= 11 is 1.37. The first kappa shape index (κ1) is 20.4. The molecule has 1 aliphatic carbocycles. The molecule has 2 aliphatic rings. The molecule has 1 aromatic heterocycles. The number of carbonyl (C=O) groups excluding carboxylic acids is 1. The Morgan fingerprint density at radius 2 is 2.07 bits per heavy atom. The molecule has 0 unspecified atom stereocenters. The molecule has 1 aliphatic heterocycles. The molecule has 0 spiro atoms. The fraction of sp³-hybridized carbons (Fsp3) is 0.722. The first-order chi connectivity index (χ1) is 12.9. The molecule has 2 heterocycles. The Morgan fingerprint density at radius 1 is 1.33 bits per heavy atom. The molecule has 3 rings (SSSR count). The summed E-state index contributed by atoms with van der Waals surface area (Å²) in [6.45, 7) is 6.27. The van der Waals surface area contributed by atoms with Crippen molar-refractivity contribution in [2.45, 2.75) is 74.4 Å². The Balaban J connectivity index is 1.66. The number of hydrogen-bond donors (Lipinski definition) is 1. The molecule has 150 valence electrons. The summed E-state index contributed by atoms with van der Waals surface area (Å²) in [6.07, 6.45) is 8.30. The van der Waals surface area contributed by atoms with Gasteiger partial charge in [-0.1, -0.05) is 37.1 Å². The third-order valence-electron chi connectivity index (χ3n) is 5.26. The average Bonchev–Trinajstić information content (AvgIpc) is 3.19. The number of allylic oxidation sites excluding steroid dienone is 1. The summed E-state index contributed by atoms with van der Waals surface area (Å²) < 4.78 is 25.2. The van der Waals surface area contributed by atoms with Gasteiger partial charge in [0, 0.05) is 18.5 Å². The third-order valence-corrected chi connectivity index (χ3v) is 8.11. The number of rotatable bonds is 7. The van der Waals surface area contributed by atoms with Crippen molar-refractivity contribution in [1.82, 2.24) is 20.1 Å². The van der Waals surface area contributed by atoms with Crippen LogP contribution in [0.4, 0.5) is 0 Å². The molecule has 2 atom stereocenters. The quantitative estimate of drug-likeness (QED) is 0.545. The number of nitrogens with one attached hydrogen (secondary N) is 1. The van der Waals surface area contributed by atoms with Crippen LogP contribution >= 0.6 is 11.8 Å². The van der Waals surface area contributed by atoms with Crippen LogP contribution in [0.3, 0.4) is 0 Å². The molecule has 0 aromatic carbocycles. The molecule has 0 radical (unpaired) electrons. The van der Waals surface area contributed by atoms with Crippen LogP contribution in [0.15, 0.2) is 17.8 Å². The maximum atomic E-state index is 12.5. The van der Waals surface area contributed by atoms with Gasteiger partial charge in [-0.2, -0.15) is 0 Å². The number of carbonyl (C=O) groups is 1. The zero-order valence-corrected chi connectivity index (χ0v) is 17.4. The number of hydrogen-bond acceptors (Lipinski definition) is 6. The van der Waals surface area contributed by atoms with Crippen LogP contribution in [0.5, 0.6) is 0 Å². The maximum absolute atomic E-state index is 12.5. The molecule has 9 heteroatoms. The van der Waals surface area contributed by atoms with Crippen LogP contribution in [0, 0.1) is 0 Å². The highest BCUT2D eigenvalue weighted by atomic mass is 32.2. The van der Waals surface area contributed by atoms with Crippen LogP contribution in [0.2, 0.25) is 0 Å². The molecule has 1 saturated carbocycles. The number of amides is 1. The summed E-state index contributed by atoms with van der Waals surface area (Å²) in [4.78, 5) is 12.5. The summed E-state index contributed by atoms with van der Waals surface area (Å²) in [5.74, 6) is 1.45. The van der Waals surface area contributed by atoms with Crippen molar-refractivity contribution in [2.75, 3.05) is 11.5 Å². The van der Waals surface area contributed by atoms with Gasteiger partial charge in [0.2, 0.25) is 5.91 Å². The summed E-state index contributed by atoms with van der Waals surface area (Å²) in [6, 6.07) is -0.283. The normalized spacial score (nSPS) is 23.8. The fourth-order valence-electron chi connectivity index (χ4n) is 3.79. The van der Waals surface area contributed by atoms with E-state index in [1.165, 1.54) is 31.0 Å². The molecule has 27 heavy (non-hydrogen) atoms. The lowest BCUT2D eigenvalue weighted by molar-refractivity contribution is -0.120. The first-order valence-corrected chi connectivity index (χ1v) is 12.3. The second kappa shape index (κ2) is 8.77. The maximum Gasteiger partial charge on any atom is 0.233 e. The lowest BCUT2D eigenvalue weighted by atomic mass is 9.89. The van der Waals surface area contributed by atoms with Crippen molar-refractivity contribution in [3.05, 3.63) is 18.5 Å². The predicted octanol–water partition coefficient (Wildman–Crippen LogP) is 2.30. The lowest BCUT2D eigenvalue weighted by Crippen LogP contribution is -2.40. The summed E-state index contributed by atoms with van der Waals surface area (Å²) in [7, 11) is -3.01. The lowest BCUT2D eigenvalue weighted by Gasteiger charge is -2.21. The Kier molecular flexibility index (Phi) is 6.62. The minimum atomic E-state index is -3.01. The van der Waals surface area contributed by atoms with Gasteiger partial charge in [0.25, 0.3) is 0 Å². The highest BCUT2D eigenvalue weighted by Gasteiger charge is 2.31. The van der Waals surface area contributed by atoms with Crippen molar-refractivity contribution < 1.29 is 13.2 Å². The Bertz CT molecular complexity index is 785. The molecule has 1 aromatic rings. The highest BCUT2D eigenvalue weighted by Crippen LogP contribution is 2.34. The van der Waals surface area contributed by atoms with Gasteiger partial charge in [-0.15, -0.1) is 16.8 Å². The minimum absolute atomic E-state index is 0.0363. The van der Waals surface area contributed by atoms with Gasteiger partial charge in [0.1, 0.15) is 5.82 Å². The summed E-state index contributed by atoms with van der Waals surface area (Å²) in [5.41, 5.74) is 0. The molecule has 2 fully saturated rings. The van der Waals surface area contributed by atoms with Gasteiger partial charge in [-0.3, -0.25) is 4.79 Å².